The van der Waals surface area contributed by atoms with Gasteiger partial charge >= 0.3 is 6.03 Å². The topological polar surface area (TPSA) is 101 Å². The molecule has 1 aromatic rings. The molecule has 23 heavy (non-hydrogen) atoms. The zero-order valence-corrected chi connectivity index (χ0v) is 13.8. The van der Waals surface area contributed by atoms with Gasteiger partial charge in [0.2, 0.25) is 5.91 Å². The molecule has 0 fully saturated rings. The van der Waals surface area contributed by atoms with Gasteiger partial charge in [-0.2, -0.15) is 0 Å². The van der Waals surface area contributed by atoms with Crippen LogP contribution in [-0.4, -0.2) is 36.0 Å². The molecule has 1 rings (SSSR count). The van der Waals surface area contributed by atoms with Crippen molar-refractivity contribution in [1.29, 1.82) is 0 Å². The van der Waals surface area contributed by atoms with E-state index in [1.54, 1.807) is 4.90 Å². The Morgan fingerprint density at radius 2 is 1.91 bits per heavy atom. The van der Waals surface area contributed by atoms with Crippen molar-refractivity contribution >= 4 is 11.9 Å². The molecule has 0 aliphatic heterocycles. The molecule has 0 saturated heterocycles. The summed E-state index contributed by atoms with van der Waals surface area (Å²) >= 11 is 0. The highest BCUT2D eigenvalue weighted by Crippen LogP contribution is 2.10. The number of hydrogen-bond donors (Lipinski definition) is 3. The van der Waals surface area contributed by atoms with Crippen LogP contribution in [0.1, 0.15) is 38.2 Å². The quantitative estimate of drug-likeness (QED) is 0.610. The zero-order chi connectivity index (χ0) is 17.1. The lowest BCUT2D eigenvalue weighted by atomic mass is 10.1. The van der Waals surface area contributed by atoms with E-state index in [4.69, 9.17) is 11.5 Å². The minimum absolute atomic E-state index is 0.102. The number of benzene rings is 1. The molecule has 0 aliphatic rings. The normalized spacial score (nSPS) is 11.7. The predicted molar refractivity (Wildman–Crippen MR) is 91.6 cm³/mol. The second-order valence-electron chi connectivity index (χ2n) is 5.59. The fourth-order valence-corrected chi connectivity index (χ4v) is 2.41. The smallest absolute Gasteiger partial charge is 0.312 e. The van der Waals surface area contributed by atoms with Crippen molar-refractivity contribution in [1.82, 2.24) is 10.2 Å². The highest BCUT2D eigenvalue weighted by Gasteiger charge is 2.24. The summed E-state index contributed by atoms with van der Waals surface area (Å²) in [7, 11) is 0. The van der Waals surface area contributed by atoms with Crippen LogP contribution in [0.15, 0.2) is 30.3 Å². The number of amides is 3. The third-order valence-corrected chi connectivity index (χ3v) is 3.62. The van der Waals surface area contributed by atoms with Gasteiger partial charge in [-0.1, -0.05) is 50.1 Å². The van der Waals surface area contributed by atoms with Crippen LogP contribution in [0.25, 0.3) is 0 Å². The van der Waals surface area contributed by atoms with Crippen molar-refractivity contribution < 1.29 is 9.59 Å². The molecule has 0 aliphatic carbocycles. The Morgan fingerprint density at radius 3 is 2.48 bits per heavy atom. The maximum Gasteiger partial charge on any atom is 0.312 e. The van der Waals surface area contributed by atoms with Crippen LogP contribution in [0.2, 0.25) is 0 Å². The molecular formula is C17H28N4O2. The Morgan fingerprint density at radius 1 is 1.22 bits per heavy atom. The van der Waals surface area contributed by atoms with Gasteiger partial charge in [0.05, 0.1) is 0 Å². The summed E-state index contributed by atoms with van der Waals surface area (Å²) in [5.74, 6) is -0.102. The number of nitrogens with zero attached hydrogens (tertiary/aromatic N) is 1. The fraction of sp³-hybridized carbons (Fsp3) is 0.529. The minimum Gasteiger partial charge on any atom is -0.352 e. The highest BCUT2D eigenvalue weighted by molar-refractivity contribution is 5.86. The summed E-state index contributed by atoms with van der Waals surface area (Å²) in [4.78, 5) is 25.8. The third kappa shape index (κ3) is 7.15. The van der Waals surface area contributed by atoms with Crippen LogP contribution in [0.4, 0.5) is 4.79 Å². The first-order valence-corrected chi connectivity index (χ1v) is 8.17. The van der Waals surface area contributed by atoms with Gasteiger partial charge in [0.1, 0.15) is 6.04 Å². The van der Waals surface area contributed by atoms with Gasteiger partial charge in [0.15, 0.2) is 0 Å². The molecule has 1 atom stereocenters. The number of hydrogen-bond acceptors (Lipinski definition) is 3. The second kappa shape index (κ2) is 10.6. The van der Waals surface area contributed by atoms with Gasteiger partial charge in [0.25, 0.3) is 0 Å². The number of rotatable bonds is 10. The first kappa shape index (κ1) is 19.0. The molecule has 0 saturated carbocycles. The van der Waals surface area contributed by atoms with E-state index in [9.17, 15) is 9.59 Å². The Labute approximate surface area is 138 Å². The van der Waals surface area contributed by atoms with Crippen LogP contribution >= 0.6 is 0 Å². The molecule has 0 radical (unpaired) electrons. The number of unbranched alkanes of at least 4 members (excludes halogenated alkanes) is 1. The molecule has 6 nitrogen and oxygen atoms in total. The molecule has 1 unspecified atom stereocenters. The lowest BCUT2D eigenvalue weighted by molar-refractivity contribution is -0.134. The summed E-state index contributed by atoms with van der Waals surface area (Å²) in [5, 5.41) is 2.57. The molecule has 128 valence electrons. The SMILES string of the molecule is CCCCC(NC(N)=O)C(=O)N(CCCN)Cc1ccccc1. The Bertz CT molecular complexity index is 479. The van der Waals surface area contributed by atoms with Crippen LogP contribution in [0.5, 0.6) is 0 Å². The van der Waals surface area contributed by atoms with Gasteiger partial charge < -0.3 is 21.7 Å². The van der Waals surface area contributed by atoms with Gasteiger partial charge in [-0.15, -0.1) is 0 Å². The number of nitrogens with two attached hydrogens (primary N) is 2. The van der Waals surface area contributed by atoms with E-state index >= 15 is 0 Å². The van der Waals surface area contributed by atoms with E-state index < -0.39 is 12.1 Å². The first-order chi connectivity index (χ1) is 11.1. The Balaban J connectivity index is 2.83. The summed E-state index contributed by atoms with van der Waals surface area (Å²) in [6.45, 7) is 3.62. The molecule has 1 aromatic carbocycles. The molecular weight excluding hydrogens is 292 g/mol. The molecule has 0 bridgehead atoms. The summed E-state index contributed by atoms with van der Waals surface area (Å²) < 4.78 is 0. The van der Waals surface area contributed by atoms with E-state index in [0.717, 1.165) is 24.8 Å². The highest BCUT2D eigenvalue weighted by atomic mass is 16.2. The standard InChI is InChI=1S/C17H28N4O2/c1-2-3-10-15(20-17(19)23)16(22)21(12-7-11-18)13-14-8-5-4-6-9-14/h4-6,8-9,15H,2-3,7,10-13,18H2,1H3,(H3,19,20,23). The van der Waals surface area contributed by atoms with Crippen LogP contribution in [-0.2, 0) is 11.3 Å². The van der Waals surface area contributed by atoms with Crippen LogP contribution in [0.3, 0.4) is 0 Å². The van der Waals surface area contributed by atoms with Crippen molar-refractivity contribution in [2.24, 2.45) is 11.5 Å². The number of nitrogens with one attached hydrogen (secondary N) is 1. The van der Waals surface area contributed by atoms with Crippen molar-refractivity contribution in [2.75, 3.05) is 13.1 Å². The van der Waals surface area contributed by atoms with Crippen molar-refractivity contribution in [3.8, 4) is 0 Å². The predicted octanol–water partition coefficient (Wildman–Crippen LogP) is 1.59. The maximum absolute atomic E-state index is 12.8. The fourth-order valence-electron chi connectivity index (χ4n) is 2.41. The van der Waals surface area contributed by atoms with Crippen molar-refractivity contribution in [3.63, 3.8) is 0 Å². The molecule has 0 spiro atoms. The minimum atomic E-state index is -0.669. The van der Waals surface area contributed by atoms with Crippen molar-refractivity contribution in [3.05, 3.63) is 35.9 Å². The Hall–Kier alpha value is -2.08. The second-order valence-corrected chi connectivity index (χ2v) is 5.59. The number of carbonyl (C=O) groups is 2. The number of urea groups is 1. The van der Waals surface area contributed by atoms with Gasteiger partial charge in [0, 0.05) is 13.1 Å². The average molecular weight is 320 g/mol. The Kier molecular flexibility index (Phi) is 8.75. The molecule has 6 heteroatoms. The zero-order valence-electron chi connectivity index (χ0n) is 13.8. The van der Waals surface area contributed by atoms with E-state index in [1.165, 1.54) is 0 Å². The third-order valence-electron chi connectivity index (χ3n) is 3.62. The first-order valence-electron chi connectivity index (χ1n) is 8.17. The summed E-state index contributed by atoms with van der Waals surface area (Å²) in [5.41, 5.74) is 11.8. The molecule has 0 heterocycles. The van der Waals surface area contributed by atoms with E-state index in [0.29, 0.717) is 26.1 Å². The average Bonchev–Trinajstić information content (AvgIpc) is 2.55. The van der Waals surface area contributed by atoms with E-state index in [1.807, 2.05) is 37.3 Å². The van der Waals surface area contributed by atoms with Gasteiger partial charge in [-0.3, -0.25) is 4.79 Å². The molecule has 3 amide bonds. The molecule has 0 aromatic heterocycles. The molecule has 5 N–H and O–H groups in total. The maximum atomic E-state index is 12.8. The largest absolute Gasteiger partial charge is 0.352 e. The summed E-state index contributed by atoms with van der Waals surface area (Å²) in [6, 6.07) is 8.53. The number of carbonyl (C=O) groups excluding carboxylic acids is 2. The van der Waals surface area contributed by atoms with Gasteiger partial charge in [-0.25, -0.2) is 4.79 Å². The van der Waals surface area contributed by atoms with Crippen LogP contribution < -0.4 is 16.8 Å². The summed E-state index contributed by atoms with van der Waals surface area (Å²) in [6.07, 6.45) is 3.11. The van der Waals surface area contributed by atoms with E-state index in [2.05, 4.69) is 5.32 Å². The lowest BCUT2D eigenvalue weighted by Gasteiger charge is -2.27. The van der Waals surface area contributed by atoms with Crippen LogP contribution in [0, 0.1) is 0 Å². The monoisotopic (exact) mass is 320 g/mol. The van der Waals surface area contributed by atoms with Crippen molar-refractivity contribution in [2.45, 2.75) is 45.2 Å². The number of primary amides is 1. The van der Waals surface area contributed by atoms with Gasteiger partial charge in [-0.05, 0) is 24.9 Å². The lowest BCUT2D eigenvalue weighted by Crippen LogP contribution is -2.50. The van der Waals surface area contributed by atoms with E-state index in [-0.39, 0.29) is 5.91 Å².